The molecule has 0 saturated carbocycles. The summed E-state index contributed by atoms with van der Waals surface area (Å²) in [5, 5.41) is 11.5. The Morgan fingerprint density at radius 2 is 2.33 bits per heavy atom. The fraction of sp³-hybridized carbons (Fsp3) is 0.500. The monoisotopic (exact) mass is 312 g/mol. The Balaban J connectivity index is 1.86. The van der Waals surface area contributed by atoms with Crippen LogP contribution in [0, 0.1) is 5.92 Å². The van der Waals surface area contributed by atoms with E-state index in [0.717, 1.165) is 29.0 Å². The van der Waals surface area contributed by atoms with E-state index >= 15 is 0 Å². The number of rotatable bonds is 6. The minimum Gasteiger partial charge on any atom is -0.359 e. The standard InChI is InChI=1S/C12H17BrN4O/c1-9(2)4-14-6-11-3-12(18-16-11)8-17-7-10(13)5-15-17/h3,5,7,9,14H,4,6,8H2,1-2H3. The van der Waals surface area contributed by atoms with Crippen molar-refractivity contribution in [1.82, 2.24) is 20.3 Å². The molecule has 0 amide bonds. The van der Waals surface area contributed by atoms with E-state index in [9.17, 15) is 0 Å². The Labute approximate surface area is 115 Å². The van der Waals surface area contributed by atoms with Crippen molar-refractivity contribution in [3.8, 4) is 0 Å². The first-order valence-electron chi connectivity index (χ1n) is 5.96. The highest BCUT2D eigenvalue weighted by atomic mass is 79.9. The van der Waals surface area contributed by atoms with Gasteiger partial charge in [0.25, 0.3) is 0 Å². The molecule has 0 aliphatic heterocycles. The maximum absolute atomic E-state index is 5.27. The fourth-order valence-corrected chi connectivity index (χ4v) is 1.91. The second-order valence-corrected chi connectivity index (χ2v) is 5.58. The van der Waals surface area contributed by atoms with Gasteiger partial charge in [-0.15, -0.1) is 0 Å². The lowest BCUT2D eigenvalue weighted by Crippen LogP contribution is -2.19. The zero-order valence-corrected chi connectivity index (χ0v) is 12.1. The summed E-state index contributed by atoms with van der Waals surface area (Å²) in [7, 11) is 0. The molecule has 18 heavy (non-hydrogen) atoms. The van der Waals surface area contributed by atoms with Crippen LogP contribution in [0.3, 0.4) is 0 Å². The summed E-state index contributed by atoms with van der Waals surface area (Å²) in [5.41, 5.74) is 0.928. The highest BCUT2D eigenvalue weighted by molar-refractivity contribution is 9.10. The van der Waals surface area contributed by atoms with Crippen molar-refractivity contribution in [3.63, 3.8) is 0 Å². The average Bonchev–Trinajstić information content (AvgIpc) is 2.89. The first kappa shape index (κ1) is 13.3. The molecule has 0 aromatic carbocycles. The zero-order valence-electron chi connectivity index (χ0n) is 10.6. The van der Waals surface area contributed by atoms with Crippen LogP contribution in [0.25, 0.3) is 0 Å². The van der Waals surface area contributed by atoms with Crippen molar-refractivity contribution in [2.24, 2.45) is 5.92 Å². The number of nitrogens with zero attached hydrogens (tertiary/aromatic N) is 3. The van der Waals surface area contributed by atoms with Crippen LogP contribution in [0.15, 0.2) is 27.5 Å². The molecule has 0 fully saturated rings. The Morgan fingerprint density at radius 1 is 1.50 bits per heavy atom. The predicted octanol–water partition coefficient (Wildman–Crippen LogP) is 2.43. The third-order valence-corrected chi connectivity index (χ3v) is 2.80. The highest BCUT2D eigenvalue weighted by Crippen LogP contribution is 2.10. The average molecular weight is 313 g/mol. The van der Waals surface area contributed by atoms with Crippen LogP contribution >= 0.6 is 15.9 Å². The molecule has 0 spiro atoms. The summed E-state index contributed by atoms with van der Waals surface area (Å²) in [6.07, 6.45) is 3.65. The van der Waals surface area contributed by atoms with Gasteiger partial charge < -0.3 is 9.84 Å². The number of aromatic nitrogens is 3. The second-order valence-electron chi connectivity index (χ2n) is 4.67. The quantitative estimate of drug-likeness (QED) is 0.890. The lowest BCUT2D eigenvalue weighted by atomic mass is 10.2. The molecule has 0 aliphatic rings. The van der Waals surface area contributed by atoms with Crippen LogP contribution in [0.1, 0.15) is 25.3 Å². The Kier molecular flexibility index (Phi) is 4.54. The van der Waals surface area contributed by atoms with Gasteiger partial charge in [0.2, 0.25) is 0 Å². The third-order valence-electron chi connectivity index (χ3n) is 2.39. The Hall–Kier alpha value is -1.14. The number of hydrogen-bond donors (Lipinski definition) is 1. The van der Waals surface area contributed by atoms with E-state index in [2.05, 4.69) is 45.3 Å². The third kappa shape index (κ3) is 3.96. The van der Waals surface area contributed by atoms with Crippen LogP contribution in [-0.2, 0) is 13.1 Å². The second kappa shape index (κ2) is 6.15. The molecule has 5 nitrogen and oxygen atoms in total. The minimum absolute atomic E-state index is 0.600. The minimum atomic E-state index is 0.600. The van der Waals surface area contributed by atoms with Crippen LogP contribution in [0.5, 0.6) is 0 Å². The summed E-state index contributed by atoms with van der Waals surface area (Å²) >= 11 is 3.36. The fourth-order valence-electron chi connectivity index (χ4n) is 1.59. The van der Waals surface area contributed by atoms with Crippen LogP contribution in [0.4, 0.5) is 0 Å². The Morgan fingerprint density at radius 3 is 3.00 bits per heavy atom. The van der Waals surface area contributed by atoms with Gasteiger partial charge in [0.05, 0.1) is 16.4 Å². The van der Waals surface area contributed by atoms with E-state index in [0.29, 0.717) is 12.5 Å². The van der Waals surface area contributed by atoms with Gasteiger partial charge in [-0.2, -0.15) is 5.10 Å². The maximum atomic E-state index is 5.27. The first-order chi connectivity index (χ1) is 8.63. The summed E-state index contributed by atoms with van der Waals surface area (Å²) in [6, 6.07) is 1.96. The molecule has 0 aliphatic carbocycles. The van der Waals surface area contributed by atoms with Crippen molar-refractivity contribution in [2.75, 3.05) is 6.54 Å². The van der Waals surface area contributed by atoms with E-state index in [4.69, 9.17) is 4.52 Å². The molecule has 0 saturated heterocycles. The van der Waals surface area contributed by atoms with Crippen LogP contribution < -0.4 is 5.32 Å². The molecule has 2 aromatic heterocycles. The van der Waals surface area contributed by atoms with E-state index in [1.807, 2.05) is 12.3 Å². The SMILES string of the molecule is CC(C)CNCc1cc(Cn2cc(Br)cn2)on1. The number of nitrogens with one attached hydrogen (secondary N) is 1. The van der Waals surface area contributed by atoms with Crippen LogP contribution in [0.2, 0.25) is 0 Å². The predicted molar refractivity (Wildman–Crippen MR) is 72.1 cm³/mol. The van der Waals surface area contributed by atoms with E-state index in [1.54, 1.807) is 10.9 Å². The topological polar surface area (TPSA) is 55.9 Å². The smallest absolute Gasteiger partial charge is 0.158 e. The summed E-state index contributed by atoms with van der Waals surface area (Å²) in [4.78, 5) is 0. The van der Waals surface area contributed by atoms with Gasteiger partial charge in [0.1, 0.15) is 6.54 Å². The molecule has 2 aromatic rings. The molecule has 2 heterocycles. The first-order valence-corrected chi connectivity index (χ1v) is 6.76. The molecule has 98 valence electrons. The van der Waals surface area contributed by atoms with Crippen molar-refractivity contribution >= 4 is 15.9 Å². The molecule has 6 heteroatoms. The zero-order chi connectivity index (χ0) is 13.0. The normalized spacial score (nSPS) is 11.3. The molecule has 0 atom stereocenters. The molecule has 0 radical (unpaired) electrons. The molecular formula is C12H17BrN4O. The van der Waals surface area contributed by atoms with Crippen molar-refractivity contribution in [2.45, 2.75) is 26.9 Å². The van der Waals surface area contributed by atoms with Crippen LogP contribution in [-0.4, -0.2) is 21.5 Å². The number of hydrogen-bond acceptors (Lipinski definition) is 4. The van der Waals surface area contributed by atoms with E-state index in [1.165, 1.54) is 0 Å². The molecule has 0 bridgehead atoms. The molecule has 1 N–H and O–H groups in total. The van der Waals surface area contributed by atoms with Gasteiger partial charge in [0, 0.05) is 18.8 Å². The number of halogens is 1. The largest absolute Gasteiger partial charge is 0.359 e. The summed E-state index contributed by atoms with van der Waals surface area (Å²) in [6.45, 7) is 6.68. The van der Waals surface area contributed by atoms with Crippen molar-refractivity contribution in [1.29, 1.82) is 0 Å². The lowest BCUT2D eigenvalue weighted by molar-refractivity contribution is 0.363. The lowest BCUT2D eigenvalue weighted by Gasteiger charge is -2.04. The van der Waals surface area contributed by atoms with Gasteiger partial charge in [0.15, 0.2) is 5.76 Å². The molecule has 2 rings (SSSR count). The molecular weight excluding hydrogens is 296 g/mol. The van der Waals surface area contributed by atoms with E-state index < -0.39 is 0 Å². The van der Waals surface area contributed by atoms with Gasteiger partial charge in [-0.1, -0.05) is 19.0 Å². The molecule has 0 unspecified atom stereocenters. The van der Waals surface area contributed by atoms with Gasteiger partial charge >= 0.3 is 0 Å². The summed E-state index contributed by atoms with van der Waals surface area (Å²) in [5.74, 6) is 1.45. The Bertz CT molecular complexity index is 492. The van der Waals surface area contributed by atoms with Gasteiger partial charge in [-0.25, -0.2) is 0 Å². The highest BCUT2D eigenvalue weighted by Gasteiger charge is 2.06. The maximum Gasteiger partial charge on any atom is 0.158 e. The van der Waals surface area contributed by atoms with Gasteiger partial charge in [-0.05, 0) is 28.4 Å². The van der Waals surface area contributed by atoms with E-state index in [-0.39, 0.29) is 0 Å². The van der Waals surface area contributed by atoms with Crippen molar-refractivity contribution in [3.05, 3.63) is 34.4 Å². The van der Waals surface area contributed by atoms with Gasteiger partial charge in [-0.3, -0.25) is 4.68 Å². The van der Waals surface area contributed by atoms with Crippen molar-refractivity contribution < 1.29 is 4.52 Å². The summed E-state index contributed by atoms with van der Waals surface area (Å²) < 4.78 is 8.03.